The van der Waals surface area contributed by atoms with Gasteiger partial charge in [-0.15, -0.1) is 0 Å². The fourth-order valence-corrected chi connectivity index (χ4v) is 3.30. The second-order valence-corrected chi connectivity index (χ2v) is 6.07. The van der Waals surface area contributed by atoms with Crippen molar-refractivity contribution >= 4 is 39.1 Å². The van der Waals surface area contributed by atoms with Gasteiger partial charge in [0, 0.05) is 10.0 Å². The molecule has 1 atom stereocenters. The molecule has 2 rings (SSSR count). The fraction of sp³-hybridized carbons (Fsp3) is 0.200. The minimum atomic E-state index is 0.00306. The number of alkyl halides is 1. The van der Waals surface area contributed by atoms with Gasteiger partial charge in [-0.25, -0.2) is 0 Å². The number of ether oxygens (including phenoxy) is 1. The summed E-state index contributed by atoms with van der Waals surface area (Å²) < 4.78 is 5.15. The zero-order valence-electron chi connectivity index (χ0n) is 10.6. The van der Waals surface area contributed by atoms with Gasteiger partial charge in [0.05, 0.1) is 11.9 Å². The summed E-state index contributed by atoms with van der Waals surface area (Å²) in [7, 11) is 1.62. The minimum absolute atomic E-state index is 0.00306. The molecule has 0 aliphatic heterocycles. The molecule has 2 aromatic carbocycles. The zero-order chi connectivity index (χ0) is 14.0. The molecule has 0 aromatic heterocycles. The molecular formula is C15H13BrCl2O. The summed E-state index contributed by atoms with van der Waals surface area (Å²) in [6.45, 7) is 2.02. The van der Waals surface area contributed by atoms with Crippen molar-refractivity contribution in [3.63, 3.8) is 0 Å². The molecule has 1 unspecified atom stereocenters. The predicted molar refractivity (Wildman–Crippen MR) is 85.0 cm³/mol. The van der Waals surface area contributed by atoms with Gasteiger partial charge in [0.2, 0.25) is 0 Å². The number of methoxy groups -OCH3 is 1. The van der Waals surface area contributed by atoms with E-state index >= 15 is 0 Å². The first-order valence-corrected chi connectivity index (χ1v) is 7.43. The van der Waals surface area contributed by atoms with Crippen molar-refractivity contribution in [2.75, 3.05) is 7.11 Å². The van der Waals surface area contributed by atoms with E-state index in [2.05, 4.69) is 22.0 Å². The Hall–Kier alpha value is -0.700. The first-order chi connectivity index (χ1) is 9.01. The van der Waals surface area contributed by atoms with Crippen molar-refractivity contribution in [1.29, 1.82) is 0 Å². The average molecular weight is 360 g/mol. The summed E-state index contributed by atoms with van der Waals surface area (Å²) in [6.07, 6.45) is 0. The maximum absolute atomic E-state index is 6.29. The third kappa shape index (κ3) is 3.44. The average Bonchev–Trinajstić information content (AvgIpc) is 2.36. The molecular weight excluding hydrogens is 347 g/mol. The van der Waals surface area contributed by atoms with Crippen molar-refractivity contribution in [2.24, 2.45) is 0 Å². The van der Waals surface area contributed by atoms with Crippen molar-refractivity contribution in [3.8, 4) is 5.75 Å². The SMILES string of the molecule is COc1ccc(C(Br)c2cc(C)cc(Cl)c2)c(Cl)c1. The monoisotopic (exact) mass is 358 g/mol. The summed E-state index contributed by atoms with van der Waals surface area (Å²) in [6, 6.07) is 11.6. The number of benzene rings is 2. The molecule has 19 heavy (non-hydrogen) atoms. The van der Waals surface area contributed by atoms with E-state index in [0.29, 0.717) is 5.02 Å². The lowest BCUT2D eigenvalue weighted by Crippen LogP contribution is -1.95. The third-order valence-corrected chi connectivity index (χ3v) is 4.41. The third-order valence-electron chi connectivity index (χ3n) is 2.84. The van der Waals surface area contributed by atoms with Crippen LogP contribution >= 0.6 is 39.1 Å². The molecule has 0 saturated carbocycles. The number of halogens is 3. The maximum Gasteiger partial charge on any atom is 0.120 e. The van der Waals surface area contributed by atoms with Crippen LogP contribution in [-0.4, -0.2) is 7.11 Å². The van der Waals surface area contributed by atoms with Gasteiger partial charge in [0.15, 0.2) is 0 Å². The lowest BCUT2D eigenvalue weighted by molar-refractivity contribution is 0.414. The van der Waals surface area contributed by atoms with Gasteiger partial charge in [-0.3, -0.25) is 0 Å². The minimum Gasteiger partial charge on any atom is -0.497 e. The van der Waals surface area contributed by atoms with Crippen LogP contribution in [0.3, 0.4) is 0 Å². The summed E-state index contributed by atoms with van der Waals surface area (Å²) in [5.74, 6) is 0.746. The van der Waals surface area contributed by atoms with Crippen molar-refractivity contribution in [1.82, 2.24) is 0 Å². The van der Waals surface area contributed by atoms with Gasteiger partial charge in [-0.05, 0) is 47.9 Å². The molecule has 0 radical (unpaired) electrons. The van der Waals surface area contributed by atoms with Crippen LogP contribution in [0.15, 0.2) is 36.4 Å². The van der Waals surface area contributed by atoms with Gasteiger partial charge < -0.3 is 4.74 Å². The second-order valence-electron chi connectivity index (χ2n) is 4.31. The molecule has 2 aromatic rings. The Balaban J connectivity index is 2.40. The van der Waals surface area contributed by atoms with E-state index in [0.717, 1.165) is 27.5 Å². The van der Waals surface area contributed by atoms with E-state index in [-0.39, 0.29) is 4.83 Å². The van der Waals surface area contributed by atoms with Crippen molar-refractivity contribution in [2.45, 2.75) is 11.8 Å². The van der Waals surface area contributed by atoms with E-state index in [4.69, 9.17) is 27.9 Å². The van der Waals surface area contributed by atoms with Crippen LogP contribution in [0.1, 0.15) is 21.5 Å². The zero-order valence-corrected chi connectivity index (χ0v) is 13.7. The largest absolute Gasteiger partial charge is 0.497 e. The highest BCUT2D eigenvalue weighted by atomic mass is 79.9. The lowest BCUT2D eigenvalue weighted by Gasteiger charge is -2.14. The van der Waals surface area contributed by atoms with E-state index < -0.39 is 0 Å². The highest BCUT2D eigenvalue weighted by Crippen LogP contribution is 2.37. The topological polar surface area (TPSA) is 9.23 Å². The van der Waals surface area contributed by atoms with E-state index in [1.54, 1.807) is 7.11 Å². The first kappa shape index (κ1) is 14.7. The van der Waals surface area contributed by atoms with Crippen LogP contribution in [0, 0.1) is 6.92 Å². The summed E-state index contributed by atoms with van der Waals surface area (Å²) in [5.41, 5.74) is 3.19. The predicted octanol–water partition coefficient (Wildman–Crippen LogP) is 5.79. The second kappa shape index (κ2) is 6.17. The number of hydrogen-bond donors (Lipinski definition) is 0. The number of hydrogen-bond acceptors (Lipinski definition) is 1. The molecule has 0 spiro atoms. The molecule has 0 aliphatic rings. The van der Waals surface area contributed by atoms with Gasteiger partial charge >= 0.3 is 0 Å². The van der Waals surface area contributed by atoms with Crippen LogP contribution in [0.4, 0.5) is 0 Å². The summed E-state index contributed by atoms with van der Waals surface area (Å²) >= 11 is 16.1. The molecule has 1 nitrogen and oxygen atoms in total. The van der Waals surface area contributed by atoms with Gasteiger partial charge in [0.1, 0.15) is 5.75 Å². The van der Waals surface area contributed by atoms with Crippen molar-refractivity contribution < 1.29 is 4.74 Å². The smallest absolute Gasteiger partial charge is 0.120 e. The van der Waals surface area contributed by atoms with Gasteiger partial charge in [0.25, 0.3) is 0 Å². The molecule has 0 aliphatic carbocycles. The fourth-order valence-electron chi connectivity index (χ4n) is 1.93. The molecule has 0 amide bonds. The van der Waals surface area contributed by atoms with E-state index in [1.807, 2.05) is 37.3 Å². The summed E-state index contributed by atoms with van der Waals surface area (Å²) in [4.78, 5) is 0.00306. The van der Waals surface area contributed by atoms with E-state index in [9.17, 15) is 0 Å². The Labute approximate surface area is 131 Å². The molecule has 0 bridgehead atoms. The van der Waals surface area contributed by atoms with Crippen LogP contribution in [0.2, 0.25) is 10.0 Å². The van der Waals surface area contributed by atoms with Crippen LogP contribution in [-0.2, 0) is 0 Å². The standard InChI is InChI=1S/C15H13BrCl2O/c1-9-5-10(7-11(17)6-9)15(16)13-4-3-12(19-2)8-14(13)18/h3-8,15H,1-2H3. The Kier molecular flexibility index (Phi) is 4.77. The molecule has 0 fully saturated rings. The Morgan fingerprint density at radius 1 is 1.11 bits per heavy atom. The Bertz CT molecular complexity index is 578. The highest BCUT2D eigenvalue weighted by molar-refractivity contribution is 9.09. The van der Waals surface area contributed by atoms with Crippen LogP contribution in [0.25, 0.3) is 0 Å². The molecule has 0 N–H and O–H groups in total. The molecule has 4 heteroatoms. The quantitative estimate of drug-likeness (QED) is 0.629. The number of aryl methyl sites for hydroxylation is 1. The molecule has 0 heterocycles. The maximum atomic E-state index is 6.29. The highest BCUT2D eigenvalue weighted by Gasteiger charge is 2.15. The normalized spacial score (nSPS) is 12.3. The first-order valence-electron chi connectivity index (χ1n) is 5.76. The number of rotatable bonds is 3. The lowest BCUT2D eigenvalue weighted by atomic mass is 10.0. The molecule has 100 valence electrons. The van der Waals surface area contributed by atoms with E-state index in [1.165, 1.54) is 0 Å². The summed E-state index contributed by atoms with van der Waals surface area (Å²) in [5, 5.41) is 1.39. The molecule has 0 saturated heterocycles. The van der Waals surface area contributed by atoms with Crippen LogP contribution in [0.5, 0.6) is 5.75 Å². The Morgan fingerprint density at radius 2 is 1.84 bits per heavy atom. The van der Waals surface area contributed by atoms with Crippen molar-refractivity contribution in [3.05, 3.63) is 63.1 Å². The van der Waals surface area contributed by atoms with Gasteiger partial charge in [-0.2, -0.15) is 0 Å². The van der Waals surface area contributed by atoms with Crippen LogP contribution < -0.4 is 4.74 Å². The Morgan fingerprint density at radius 3 is 2.42 bits per heavy atom. The van der Waals surface area contributed by atoms with Gasteiger partial charge in [-0.1, -0.05) is 51.3 Å².